The second kappa shape index (κ2) is 3.14. The van der Waals surface area contributed by atoms with Gasteiger partial charge in [0.25, 0.3) is 0 Å². The molecule has 4 heteroatoms. The number of hydrogen-bond acceptors (Lipinski definition) is 2. The first-order valence-corrected chi connectivity index (χ1v) is 4.31. The zero-order chi connectivity index (χ0) is 10.1. The van der Waals surface area contributed by atoms with Crippen LogP contribution in [-0.4, -0.2) is 24.3 Å². The fourth-order valence-electron chi connectivity index (χ4n) is 1.48. The van der Waals surface area contributed by atoms with Crippen molar-refractivity contribution in [3.63, 3.8) is 0 Å². The maximum Gasteiger partial charge on any atom is 0.321 e. The molecule has 1 aliphatic rings. The van der Waals surface area contributed by atoms with Crippen molar-refractivity contribution in [3.8, 4) is 0 Å². The minimum Gasteiger partial charge on any atom is -0.323 e. The van der Waals surface area contributed by atoms with Crippen molar-refractivity contribution < 1.29 is 9.59 Å². The van der Waals surface area contributed by atoms with Gasteiger partial charge in [-0.3, -0.25) is 4.79 Å². The summed E-state index contributed by atoms with van der Waals surface area (Å²) in [6, 6.07) is 5.12. The highest BCUT2D eigenvalue weighted by Crippen LogP contribution is 2.22. The van der Waals surface area contributed by atoms with E-state index in [1.54, 1.807) is 30.1 Å². The van der Waals surface area contributed by atoms with E-state index in [0.717, 1.165) is 17.5 Å². The van der Waals surface area contributed by atoms with E-state index in [2.05, 4.69) is 5.32 Å². The Hall–Kier alpha value is -1.84. The Bertz CT molecular complexity index is 401. The third kappa shape index (κ3) is 1.35. The largest absolute Gasteiger partial charge is 0.323 e. The number of nitrogens with zero attached hydrogens (tertiary/aromatic N) is 1. The molecule has 2 rings (SSSR count). The zero-order valence-electron chi connectivity index (χ0n) is 7.78. The van der Waals surface area contributed by atoms with Crippen LogP contribution in [0.25, 0.3) is 0 Å². The number of nitrogens with one attached hydrogen (secondary N) is 1. The van der Waals surface area contributed by atoms with E-state index in [-0.39, 0.29) is 6.03 Å². The number of rotatable bonds is 1. The van der Waals surface area contributed by atoms with Crippen LogP contribution >= 0.6 is 0 Å². The summed E-state index contributed by atoms with van der Waals surface area (Å²) in [5, 5.41) is 2.73. The van der Waals surface area contributed by atoms with Crippen LogP contribution in [0.3, 0.4) is 0 Å². The Morgan fingerprint density at radius 1 is 1.50 bits per heavy atom. The van der Waals surface area contributed by atoms with Gasteiger partial charge in [-0.15, -0.1) is 0 Å². The Labute approximate surface area is 81.5 Å². The highest BCUT2D eigenvalue weighted by molar-refractivity contribution is 5.92. The average Bonchev–Trinajstić information content (AvgIpc) is 2.19. The predicted octanol–water partition coefficient (Wildman–Crippen LogP) is 1.48. The number of urea groups is 1. The Kier molecular flexibility index (Phi) is 1.96. The van der Waals surface area contributed by atoms with E-state index in [1.807, 2.05) is 0 Å². The van der Waals surface area contributed by atoms with Crippen molar-refractivity contribution in [1.82, 2.24) is 4.90 Å². The molecule has 0 fully saturated rings. The molecule has 1 aromatic rings. The van der Waals surface area contributed by atoms with Gasteiger partial charge in [-0.05, 0) is 23.8 Å². The van der Waals surface area contributed by atoms with Crippen LogP contribution < -0.4 is 5.32 Å². The minimum absolute atomic E-state index is 0.114. The molecule has 72 valence electrons. The Balaban J connectivity index is 2.42. The van der Waals surface area contributed by atoms with Gasteiger partial charge >= 0.3 is 6.03 Å². The summed E-state index contributed by atoms with van der Waals surface area (Å²) in [5.41, 5.74) is 2.39. The maximum absolute atomic E-state index is 11.3. The maximum atomic E-state index is 11.3. The molecule has 0 bridgehead atoms. The third-order valence-electron chi connectivity index (χ3n) is 2.26. The standard InChI is InChI=1S/C10H10N2O2/c1-12-5-8-4-7(6-13)2-3-9(8)11-10(12)14/h2-4,6H,5H2,1H3,(H,11,14). The lowest BCUT2D eigenvalue weighted by atomic mass is 10.1. The molecule has 1 aliphatic heterocycles. The van der Waals surface area contributed by atoms with E-state index in [0.29, 0.717) is 12.1 Å². The Morgan fingerprint density at radius 3 is 3.00 bits per heavy atom. The van der Waals surface area contributed by atoms with Crippen LogP contribution in [-0.2, 0) is 6.54 Å². The molecule has 0 aromatic heterocycles. The van der Waals surface area contributed by atoms with Gasteiger partial charge in [0.1, 0.15) is 6.29 Å². The number of hydrogen-bond donors (Lipinski definition) is 1. The number of carbonyl (C=O) groups excluding carboxylic acids is 2. The summed E-state index contributed by atoms with van der Waals surface area (Å²) in [4.78, 5) is 23.4. The predicted molar refractivity (Wildman–Crippen MR) is 52.3 cm³/mol. The fourth-order valence-corrected chi connectivity index (χ4v) is 1.48. The molecule has 14 heavy (non-hydrogen) atoms. The highest BCUT2D eigenvalue weighted by atomic mass is 16.2. The molecule has 0 unspecified atom stereocenters. The van der Waals surface area contributed by atoms with Gasteiger partial charge < -0.3 is 10.2 Å². The lowest BCUT2D eigenvalue weighted by Gasteiger charge is -2.25. The fraction of sp³-hybridized carbons (Fsp3) is 0.200. The first-order valence-electron chi connectivity index (χ1n) is 4.31. The summed E-state index contributed by atoms with van der Waals surface area (Å²) in [6.07, 6.45) is 0.802. The number of aldehydes is 1. The molecule has 0 radical (unpaired) electrons. The van der Waals surface area contributed by atoms with Crippen molar-refractivity contribution in [2.75, 3.05) is 12.4 Å². The Morgan fingerprint density at radius 2 is 2.29 bits per heavy atom. The van der Waals surface area contributed by atoms with E-state index in [4.69, 9.17) is 0 Å². The van der Waals surface area contributed by atoms with Gasteiger partial charge in [0.2, 0.25) is 0 Å². The molecule has 1 heterocycles. The third-order valence-corrected chi connectivity index (χ3v) is 2.26. The van der Waals surface area contributed by atoms with E-state index >= 15 is 0 Å². The molecule has 0 atom stereocenters. The minimum atomic E-state index is -0.114. The SMILES string of the molecule is CN1Cc2cc(C=O)ccc2NC1=O. The van der Waals surface area contributed by atoms with Gasteiger partial charge in [-0.1, -0.05) is 0 Å². The molecule has 0 spiro atoms. The number of anilines is 1. The molecule has 2 amide bonds. The molecule has 1 N–H and O–H groups in total. The number of carbonyl (C=O) groups is 2. The summed E-state index contributed by atoms with van der Waals surface area (Å²) >= 11 is 0. The molecular weight excluding hydrogens is 180 g/mol. The number of amides is 2. The van der Waals surface area contributed by atoms with E-state index in [9.17, 15) is 9.59 Å². The topological polar surface area (TPSA) is 49.4 Å². The number of fused-ring (bicyclic) bond motifs is 1. The first kappa shape index (κ1) is 8.74. The van der Waals surface area contributed by atoms with Gasteiger partial charge in [-0.25, -0.2) is 4.79 Å². The van der Waals surface area contributed by atoms with Crippen LogP contribution in [0.15, 0.2) is 18.2 Å². The van der Waals surface area contributed by atoms with Gasteiger partial charge in [-0.2, -0.15) is 0 Å². The normalized spacial score (nSPS) is 14.6. The molecule has 4 nitrogen and oxygen atoms in total. The molecule has 0 saturated heterocycles. The molecule has 0 aliphatic carbocycles. The van der Waals surface area contributed by atoms with Crippen LogP contribution in [0.4, 0.5) is 10.5 Å². The highest BCUT2D eigenvalue weighted by Gasteiger charge is 2.18. The summed E-state index contributed by atoms with van der Waals surface area (Å²) in [6.45, 7) is 0.544. The van der Waals surface area contributed by atoms with Gasteiger partial charge in [0, 0.05) is 24.8 Å². The smallest absolute Gasteiger partial charge is 0.321 e. The van der Waals surface area contributed by atoms with Crippen LogP contribution in [0.2, 0.25) is 0 Å². The molecule has 0 saturated carbocycles. The second-order valence-electron chi connectivity index (χ2n) is 3.32. The van der Waals surface area contributed by atoms with Crippen LogP contribution in [0.1, 0.15) is 15.9 Å². The van der Waals surface area contributed by atoms with Crippen molar-refractivity contribution in [3.05, 3.63) is 29.3 Å². The average molecular weight is 190 g/mol. The van der Waals surface area contributed by atoms with Crippen LogP contribution in [0.5, 0.6) is 0 Å². The van der Waals surface area contributed by atoms with Crippen molar-refractivity contribution in [2.45, 2.75) is 6.54 Å². The summed E-state index contributed by atoms with van der Waals surface area (Å²) < 4.78 is 0. The number of benzene rings is 1. The second-order valence-corrected chi connectivity index (χ2v) is 3.32. The summed E-state index contributed by atoms with van der Waals surface area (Å²) in [7, 11) is 1.71. The van der Waals surface area contributed by atoms with Crippen molar-refractivity contribution in [2.24, 2.45) is 0 Å². The van der Waals surface area contributed by atoms with Crippen molar-refractivity contribution >= 4 is 18.0 Å². The van der Waals surface area contributed by atoms with Crippen LogP contribution in [0, 0.1) is 0 Å². The molecule has 1 aromatic carbocycles. The van der Waals surface area contributed by atoms with Gasteiger partial charge in [0.05, 0.1) is 0 Å². The van der Waals surface area contributed by atoms with E-state index < -0.39 is 0 Å². The lowest BCUT2D eigenvalue weighted by Crippen LogP contribution is -2.35. The first-order chi connectivity index (χ1) is 6.70. The lowest BCUT2D eigenvalue weighted by molar-refractivity contribution is 0.112. The van der Waals surface area contributed by atoms with E-state index in [1.165, 1.54) is 0 Å². The molecular formula is C10H10N2O2. The zero-order valence-corrected chi connectivity index (χ0v) is 7.78. The van der Waals surface area contributed by atoms with Gasteiger partial charge in [0.15, 0.2) is 0 Å². The summed E-state index contributed by atoms with van der Waals surface area (Å²) in [5.74, 6) is 0. The quantitative estimate of drug-likeness (QED) is 0.682. The van der Waals surface area contributed by atoms with Crippen molar-refractivity contribution in [1.29, 1.82) is 0 Å². The monoisotopic (exact) mass is 190 g/mol.